The molecule has 1 aromatic heterocycles. The van der Waals surface area contributed by atoms with Gasteiger partial charge >= 0.3 is 11.9 Å². The van der Waals surface area contributed by atoms with Crippen LogP contribution in [0.25, 0.3) is 0 Å². The number of ether oxygens (including phenoxy) is 2. The first kappa shape index (κ1) is 12.9. The van der Waals surface area contributed by atoms with E-state index in [0.717, 1.165) is 0 Å². The lowest BCUT2D eigenvalue weighted by Gasteiger charge is -2.08. The second kappa shape index (κ2) is 5.86. The molecular formula is C14H12O5. The molecule has 0 atom stereocenters. The van der Waals surface area contributed by atoms with Crippen molar-refractivity contribution in [3.05, 3.63) is 54.0 Å². The van der Waals surface area contributed by atoms with Crippen LogP contribution in [0.4, 0.5) is 0 Å². The van der Waals surface area contributed by atoms with Crippen LogP contribution in [0.1, 0.15) is 27.8 Å². The van der Waals surface area contributed by atoms with Gasteiger partial charge in [0, 0.05) is 0 Å². The molecule has 0 radical (unpaired) electrons. The number of para-hydroxylation sites is 1. The van der Waals surface area contributed by atoms with E-state index in [2.05, 4.69) is 0 Å². The van der Waals surface area contributed by atoms with Crippen molar-refractivity contribution in [3.8, 4) is 5.75 Å². The van der Waals surface area contributed by atoms with Gasteiger partial charge in [-0.3, -0.25) is 0 Å². The summed E-state index contributed by atoms with van der Waals surface area (Å²) in [6.07, 6.45) is 1.37. The number of rotatable bonds is 4. The molecule has 0 aliphatic carbocycles. The van der Waals surface area contributed by atoms with Gasteiger partial charge in [-0.1, -0.05) is 12.1 Å². The molecule has 0 fully saturated rings. The summed E-state index contributed by atoms with van der Waals surface area (Å²) in [5.74, 6) is -0.992. The molecule has 98 valence electrons. The molecule has 0 saturated carbocycles. The van der Waals surface area contributed by atoms with Crippen LogP contribution in [0.2, 0.25) is 0 Å². The fraction of sp³-hybridized carbons (Fsp3) is 0.143. The molecule has 0 aliphatic rings. The largest absolute Gasteiger partial charge is 0.462 e. The molecule has 2 rings (SSSR count). The van der Waals surface area contributed by atoms with Crippen molar-refractivity contribution in [2.45, 2.75) is 6.92 Å². The van der Waals surface area contributed by atoms with E-state index in [-0.39, 0.29) is 23.7 Å². The number of hydrogen-bond donors (Lipinski definition) is 0. The molecule has 0 N–H and O–H groups in total. The minimum atomic E-state index is -0.665. The summed E-state index contributed by atoms with van der Waals surface area (Å²) in [7, 11) is 0. The highest BCUT2D eigenvalue weighted by Crippen LogP contribution is 2.20. The Morgan fingerprint density at radius 3 is 2.58 bits per heavy atom. The van der Waals surface area contributed by atoms with Crippen LogP contribution >= 0.6 is 0 Å². The molecule has 5 heteroatoms. The van der Waals surface area contributed by atoms with Crippen LogP contribution in [0.3, 0.4) is 0 Å². The van der Waals surface area contributed by atoms with Gasteiger partial charge in [0.15, 0.2) is 0 Å². The molecule has 0 aliphatic heterocycles. The third-order valence-corrected chi connectivity index (χ3v) is 2.31. The summed E-state index contributed by atoms with van der Waals surface area (Å²) < 4.78 is 14.9. The topological polar surface area (TPSA) is 65.7 Å². The standard InChI is InChI=1S/C14H12O5/c1-2-17-13(15)10-6-3-4-7-11(10)19-14(16)12-8-5-9-18-12/h3-9H,2H2,1H3. The van der Waals surface area contributed by atoms with Gasteiger partial charge in [0.2, 0.25) is 5.76 Å². The lowest BCUT2D eigenvalue weighted by Crippen LogP contribution is -2.12. The van der Waals surface area contributed by atoms with Crippen molar-refractivity contribution in [2.75, 3.05) is 6.61 Å². The summed E-state index contributed by atoms with van der Waals surface area (Å²) in [5, 5.41) is 0. The molecule has 0 unspecified atom stereocenters. The normalized spacial score (nSPS) is 9.95. The molecular weight excluding hydrogens is 248 g/mol. The lowest BCUT2D eigenvalue weighted by atomic mass is 10.2. The monoisotopic (exact) mass is 260 g/mol. The number of carbonyl (C=O) groups excluding carboxylic acids is 2. The molecule has 2 aromatic rings. The molecule has 5 nitrogen and oxygen atoms in total. The number of benzene rings is 1. The smallest absolute Gasteiger partial charge is 0.379 e. The Kier molecular flexibility index (Phi) is 3.97. The van der Waals surface area contributed by atoms with Gasteiger partial charge in [-0.2, -0.15) is 0 Å². The Hall–Kier alpha value is -2.56. The fourth-order valence-corrected chi connectivity index (χ4v) is 1.48. The zero-order chi connectivity index (χ0) is 13.7. The highest BCUT2D eigenvalue weighted by atomic mass is 16.6. The molecule has 1 heterocycles. The van der Waals surface area contributed by atoms with Gasteiger partial charge in [-0.15, -0.1) is 0 Å². The molecule has 0 spiro atoms. The first-order valence-corrected chi connectivity index (χ1v) is 5.74. The van der Waals surface area contributed by atoms with Crippen molar-refractivity contribution < 1.29 is 23.5 Å². The van der Waals surface area contributed by atoms with Crippen molar-refractivity contribution >= 4 is 11.9 Å². The minimum Gasteiger partial charge on any atom is -0.462 e. The SMILES string of the molecule is CCOC(=O)c1ccccc1OC(=O)c1ccco1. The zero-order valence-corrected chi connectivity index (χ0v) is 10.3. The quantitative estimate of drug-likeness (QED) is 0.624. The summed E-state index contributed by atoms with van der Waals surface area (Å²) in [6, 6.07) is 9.43. The Balaban J connectivity index is 2.21. The highest BCUT2D eigenvalue weighted by Gasteiger charge is 2.18. The van der Waals surface area contributed by atoms with Crippen molar-refractivity contribution in [1.29, 1.82) is 0 Å². The highest BCUT2D eigenvalue weighted by molar-refractivity contribution is 5.95. The van der Waals surface area contributed by atoms with Gasteiger partial charge in [-0.05, 0) is 31.2 Å². The van der Waals surface area contributed by atoms with Gasteiger partial charge < -0.3 is 13.9 Å². The average molecular weight is 260 g/mol. The number of furan rings is 1. The zero-order valence-electron chi connectivity index (χ0n) is 10.3. The van der Waals surface area contributed by atoms with Crippen LogP contribution in [0.5, 0.6) is 5.75 Å². The average Bonchev–Trinajstić information content (AvgIpc) is 2.93. The second-order valence-electron chi connectivity index (χ2n) is 3.58. The Bertz CT molecular complexity index is 571. The van der Waals surface area contributed by atoms with Crippen molar-refractivity contribution in [2.24, 2.45) is 0 Å². The number of hydrogen-bond acceptors (Lipinski definition) is 5. The van der Waals surface area contributed by atoms with Crippen LogP contribution < -0.4 is 4.74 Å². The third kappa shape index (κ3) is 3.01. The minimum absolute atomic E-state index is 0.0682. The summed E-state index contributed by atoms with van der Waals surface area (Å²) in [6.45, 7) is 1.95. The van der Waals surface area contributed by atoms with E-state index in [9.17, 15) is 9.59 Å². The molecule has 0 amide bonds. The van der Waals surface area contributed by atoms with E-state index in [0.29, 0.717) is 0 Å². The summed E-state index contributed by atoms with van der Waals surface area (Å²) in [5.41, 5.74) is 0.198. The van der Waals surface area contributed by atoms with Crippen molar-refractivity contribution in [3.63, 3.8) is 0 Å². The Labute approximate surface area is 109 Å². The predicted octanol–water partition coefficient (Wildman–Crippen LogP) is 2.68. The van der Waals surface area contributed by atoms with Gasteiger partial charge in [0.25, 0.3) is 0 Å². The van der Waals surface area contributed by atoms with Crippen molar-refractivity contribution in [1.82, 2.24) is 0 Å². The van der Waals surface area contributed by atoms with E-state index in [1.165, 1.54) is 24.5 Å². The van der Waals surface area contributed by atoms with E-state index in [4.69, 9.17) is 13.9 Å². The first-order valence-electron chi connectivity index (χ1n) is 5.74. The van der Waals surface area contributed by atoms with E-state index < -0.39 is 11.9 Å². The van der Waals surface area contributed by atoms with E-state index in [1.807, 2.05) is 0 Å². The lowest BCUT2D eigenvalue weighted by molar-refractivity contribution is 0.0519. The summed E-state index contributed by atoms with van der Waals surface area (Å²) >= 11 is 0. The fourth-order valence-electron chi connectivity index (χ4n) is 1.48. The molecule has 1 aromatic carbocycles. The maximum atomic E-state index is 11.7. The van der Waals surface area contributed by atoms with Gasteiger partial charge in [0.1, 0.15) is 11.3 Å². The Morgan fingerprint density at radius 1 is 1.11 bits per heavy atom. The number of carbonyl (C=O) groups is 2. The van der Waals surface area contributed by atoms with Crippen LogP contribution in [0, 0.1) is 0 Å². The van der Waals surface area contributed by atoms with E-state index >= 15 is 0 Å². The third-order valence-electron chi connectivity index (χ3n) is 2.31. The van der Waals surface area contributed by atoms with Crippen LogP contribution in [-0.2, 0) is 4.74 Å². The molecule has 19 heavy (non-hydrogen) atoms. The van der Waals surface area contributed by atoms with Crippen LogP contribution in [0.15, 0.2) is 47.1 Å². The molecule has 0 bridgehead atoms. The molecule has 0 saturated heterocycles. The Morgan fingerprint density at radius 2 is 1.89 bits per heavy atom. The van der Waals surface area contributed by atoms with Gasteiger partial charge in [0.05, 0.1) is 12.9 Å². The summed E-state index contributed by atoms with van der Waals surface area (Å²) in [4.78, 5) is 23.4. The first-order chi connectivity index (χ1) is 9.22. The van der Waals surface area contributed by atoms with E-state index in [1.54, 1.807) is 25.1 Å². The van der Waals surface area contributed by atoms with Gasteiger partial charge in [-0.25, -0.2) is 9.59 Å². The predicted molar refractivity (Wildman–Crippen MR) is 66.1 cm³/mol. The van der Waals surface area contributed by atoms with Crippen LogP contribution in [-0.4, -0.2) is 18.5 Å². The second-order valence-corrected chi connectivity index (χ2v) is 3.58. The maximum absolute atomic E-state index is 11.7. The maximum Gasteiger partial charge on any atom is 0.379 e. The number of esters is 2.